The first-order valence-electron chi connectivity index (χ1n) is 5.23. The van der Waals surface area contributed by atoms with Crippen molar-refractivity contribution in [1.29, 1.82) is 0 Å². The SMILES string of the molecule is Cc1cnc(C(N)c2ccccc2C(F)(F)F)s1. The molecule has 2 nitrogen and oxygen atoms in total. The highest BCUT2D eigenvalue weighted by atomic mass is 32.1. The lowest BCUT2D eigenvalue weighted by Gasteiger charge is -2.16. The lowest BCUT2D eigenvalue weighted by Crippen LogP contribution is -2.18. The van der Waals surface area contributed by atoms with Crippen LogP contribution in [0.3, 0.4) is 0 Å². The first-order valence-corrected chi connectivity index (χ1v) is 6.05. The number of alkyl halides is 3. The van der Waals surface area contributed by atoms with E-state index in [0.29, 0.717) is 5.01 Å². The third-order valence-corrected chi connectivity index (χ3v) is 3.50. The molecule has 1 unspecified atom stereocenters. The number of thiazole rings is 1. The van der Waals surface area contributed by atoms with E-state index in [-0.39, 0.29) is 5.56 Å². The molecule has 1 aromatic carbocycles. The van der Waals surface area contributed by atoms with Crippen LogP contribution in [0.5, 0.6) is 0 Å². The fraction of sp³-hybridized carbons (Fsp3) is 0.250. The standard InChI is InChI=1S/C12H11F3N2S/c1-7-6-17-11(18-7)10(16)8-4-2-3-5-9(8)12(13,14)15/h2-6,10H,16H2,1H3. The summed E-state index contributed by atoms with van der Waals surface area (Å²) in [7, 11) is 0. The lowest BCUT2D eigenvalue weighted by atomic mass is 10.0. The van der Waals surface area contributed by atoms with E-state index in [0.717, 1.165) is 10.9 Å². The van der Waals surface area contributed by atoms with E-state index in [1.165, 1.54) is 23.5 Å². The Morgan fingerprint density at radius 1 is 1.28 bits per heavy atom. The average Bonchev–Trinajstić information content (AvgIpc) is 2.74. The molecule has 2 N–H and O–H groups in total. The largest absolute Gasteiger partial charge is 0.416 e. The Kier molecular flexibility index (Phi) is 3.41. The van der Waals surface area contributed by atoms with Crippen molar-refractivity contribution in [2.24, 2.45) is 5.73 Å². The van der Waals surface area contributed by atoms with E-state index in [2.05, 4.69) is 4.98 Å². The molecule has 18 heavy (non-hydrogen) atoms. The topological polar surface area (TPSA) is 38.9 Å². The molecule has 0 radical (unpaired) electrons. The van der Waals surface area contributed by atoms with E-state index >= 15 is 0 Å². The van der Waals surface area contributed by atoms with E-state index in [4.69, 9.17) is 5.73 Å². The normalized spacial score (nSPS) is 13.6. The van der Waals surface area contributed by atoms with E-state index < -0.39 is 17.8 Å². The molecule has 6 heteroatoms. The fourth-order valence-electron chi connectivity index (χ4n) is 1.68. The third-order valence-electron chi connectivity index (χ3n) is 2.51. The van der Waals surface area contributed by atoms with Crippen LogP contribution in [0.15, 0.2) is 30.5 Å². The van der Waals surface area contributed by atoms with E-state index in [9.17, 15) is 13.2 Å². The van der Waals surface area contributed by atoms with Crippen LogP contribution in [0.25, 0.3) is 0 Å². The maximum Gasteiger partial charge on any atom is 0.416 e. The number of halogens is 3. The molecule has 96 valence electrons. The second kappa shape index (κ2) is 4.70. The molecular formula is C12H11F3N2S. The molecular weight excluding hydrogens is 261 g/mol. The van der Waals surface area contributed by atoms with Crippen LogP contribution in [0, 0.1) is 6.92 Å². The van der Waals surface area contributed by atoms with Crippen LogP contribution in [0.1, 0.15) is 27.1 Å². The van der Waals surface area contributed by atoms with Crippen molar-refractivity contribution in [2.75, 3.05) is 0 Å². The van der Waals surface area contributed by atoms with Crippen molar-refractivity contribution in [3.05, 3.63) is 51.5 Å². The van der Waals surface area contributed by atoms with Crippen molar-refractivity contribution in [2.45, 2.75) is 19.1 Å². The summed E-state index contributed by atoms with van der Waals surface area (Å²) in [4.78, 5) is 4.96. The Labute approximate surface area is 106 Å². The van der Waals surface area contributed by atoms with Crippen LogP contribution < -0.4 is 5.73 Å². The van der Waals surface area contributed by atoms with Crippen LogP contribution in [0.2, 0.25) is 0 Å². The molecule has 2 rings (SSSR count). The lowest BCUT2D eigenvalue weighted by molar-refractivity contribution is -0.138. The molecule has 1 heterocycles. The van der Waals surface area contributed by atoms with Crippen LogP contribution in [-0.4, -0.2) is 4.98 Å². The summed E-state index contributed by atoms with van der Waals surface area (Å²) >= 11 is 1.31. The summed E-state index contributed by atoms with van der Waals surface area (Å²) in [6, 6.07) is 4.48. The summed E-state index contributed by atoms with van der Waals surface area (Å²) in [6.07, 6.45) is -2.80. The van der Waals surface area contributed by atoms with Gasteiger partial charge in [0, 0.05) is 11.1 Å². The molecule has 0 spiro atoms. The van der Waals surface area contributed by atoms with Gasteiger partial charge in [-0.25, -0.2) is 4.98 Å². The number of aromatic nitrogens is 1. The molecule has 1 aromatic heterocycles. The third kappa shape index (κ3) is 2.54. The second-order valence-corrected chi connectivity index (χ2v) is 5.14. The minimum atomic E-state index is -4.40. The zero-order chi connectivity index (χ0) is 13.3. The van der Waals surface area contributed by atoms with Crippen LogP contribution in [-0.2, 0) is 6.18 Å². The van der Waals surface area contributed by atoms with Crippen molar-refractivity contribution in [3.63, 3.8) is 0 Å². The van der Waals surface area contributed by atoms with Crippen molar-refractivity contribution >= 4 is 11.3 Å². The number of nitrogens with zero attached hydrogens (tertiary/aromatic N) is 1. The van der Waals surface area contributed by atoms with Gasteiger partial charge in [0.1, 0.15) is 5.01 Å². The number of hydrogen-bond acceptors (Lipinski definition) is 3. The van der Waals surface area contributed by atoms with Crippen molar-refractivity contribution in [1.82, 2.24) is 4.98 Å². The van der Waals surface area contributed by atoms with Gasteiger partial charge in [-0.1, -0.05) is 18.2 Å². The van der Waals surface area contributed by atoms with Gasteiger partial charge < -0.3 is 5.73 Å². The Morgan fingerprint density at radius 2 is 1.94 bits per heavy atom. The Balaban J connectivity index is 2.45. The predicted molar refractivity (Wildman–Crippen MR) is 64.3 cm³/mol. The highest BCUT2D eigenvalue weighted by molar-refractivity contribution is 7.11. The predicted octanol–water partition coefficient (Wildman–Crippen LogP) is 3.52. The number of rotatable bonds is 2. The van der Waals surface area contributed by atoms with Crippen molar-refractivity contribution < 1.29 is 13.2 Å². The molecule has 0 aliphatic carbocycles. The smallest absolute Gasteiger partial charge is 0.318 e. The molecule has 0 aliphatic rings. The number of nitrogens with two attached hydrogens (primary N) is 1. The molecule has 0 aliphatic heterocycles. The van der Waals surface area contributed by atoms with Gasteiger partial charge in [0.25, 0.3) is 0 Å². The Morgan fingerprint density at radius 3 is 2.50 bits per heavy atom. The number of aryl methyl sites for hydroxylation is 1. The monoisotopic (exact) mass is 272 g/mol. The molecule has 2 aromatic rings. The number of hydrogen-bond donors (Lipinski definition) is 1. The second-order valence-electron chi connectivity index (χ2n) is 3.87. The van der Waals surface area contributed by atoms with Gasteiger partial charge >= 0.3 is 6.18 Å². The van der Waals surface area contributed by atoms with Gasteiger partial charge in [0.05, 0.1) is 11.6 Å². The minimum Gasteiger partial charge on any atom is -0.318 e. The molecule has 0 fully saturated rings. The van der Waals surface area contributed by atoms with Gasteiger partial charge in [-0.2, -0.15) is 13.2 Å². The van der Waals surface area contributed by atoms with Crippen LogP contribution in [0.4, 0.5) is 13.2 Å². The average molecular weight is 272 g/mol. The summed E-state index contributed by atoms with van der Waals surface area (Å²) in [5.74, 6) is 0. The first-order chi connectivity index (χ1) is 8.39. The summed E-state index contributed by atoms with van der Waals surface area (Å²) in [5, 5.41) is 0.490. The summed E-state index contributed by atoms with van der Waals surface area (Å²) in [6.45, 7) is 1.84. The summed E-state index contributed by atoms with van der Waals surface area (Å²) < 4.78 is 38.6. The zero-order valence-electron chi connectivity index (χ0n) is 9.53. The van der Waals surface area contributed by atoms with Gasteiger partial charge in [0.15, 0.2) is 0 Å². The Hall–Kier alpha value is -1.40. The minimum absolute atomic E-state index is 0.0550. The molecule has 0 amide bonds. The Bertz CT molecular complexity index is 548. The highest BCUT2D eigenvalue weighted by Gasteiger charge is 2.34. The number of benzene rings is 1. The highest BCUT2D eigenvalue weighted by Crippen LogP contribution is 2.36. The zero-order valence-corrected chi connectivity index (χ0v) is 10.3. The maximum absolute atomic E-state index is 12.9. The molecule has 0 saturated carbocycles. The molecule has 1 atom stereocenters. The van der Waals surface area contributed by atoms with E-state index in [1.54, 1.807) is 12.3 Å². The van der Waals surface area contributed by atoms with Crippen molar-refractivity contribution in [3.8, 4) is 0 Å². The maximum atomic E-state index is 12.9. The first kappa shape index (κ1) is 13.0. The van der Waals surface area contributed by atoms with E-state index in [1.807, 2.05) is 6.92 Å². The van der Waals surface area contributed by atoms with Gasteiger partial charge in [-0.05, 0) is 18.6 Å². The molecule has 0 saturated heterocycles. The van der Waals surface area contributed by atoms with Gasteiger partial charge in [-0.3, -0.25) is 0 Å². The van der Waals surface area contributed by atoms with Gasteiger partial charge in [-0.15, -0.1) is 11.3 Å². The molecule has 0 bridgehead atoms. The quantitative estimate of drug-likeness (QED) is 0.908. The summed E-state index contributed by atoms with van der Waals surface area (Å²) in [5.41, 5.74) is 5.23. The fourth-order valence-corrected chi connectivity index (χ4v) is 2.47. The van der Waals surface area contributed by atoms with Crippen LogP contribution >= 0.6 is 11.3 Å². The van der Waals surface area contributed by atoms with Gasteiger partial charge in [0.2, 0.25) is 0 Å².